The molecule has 0 aliphatic heterocycles. The van der Waals surface area contributed by atoms with Crippen LogP contribution in [0.3, 0.4) is 0 Å². The maximum Gasteiger partial charge on any atom is 0.228 e. The van der Waals surface area contributed by atoms with Crippen LogP contribution in [0.4, 0.5) is 15.8 Å². The summed E-state index contributed by atoms with van der Waals surface area (Å²) in [5.41, 5.74) is 3.32. The molecule has 2 amide bonds. The quantitative estimate of drug-likeness (QED) is 0.711. The first-order valence-electron chi connectivity index (χ1n) is 10.1. The topological polar surface area (TPSA) is 61.4 Å². The summed E-state index contributed by atoms with van der Waals surface area (Å²) in [5.74, 6) is -1.38. The SMILES string of the molecule is CCN(CC)c1ccc(NC(=O)C2CC2C(=O)NCc2ccccc2F)c(C)c1. The van der Waals surface area contributed by atoms with Gasteiger partial charge in [-0.25, -0.2) is 4.39 Å². The summed E-state index contributed by atoms with van der Waals surface area (Å²) in [7, 11) is 0. The van der Waals surface area contributed by atoms with Gasteiger partial charge < -0.3 is 15.5 Å². The van der Waals surface area contributed by atoms with Crippen LogP contribution < -0.4 is 15.5 Å². The van der Waals surface area contributed by atoms with Crippen LogP contribution in [-0.2, 0) is 16.1 Å². The van der Waals surface area contributed by atoms with Crippen molar-refractivity contribution < 1.29 is 14.0 Å². The summed E-state index contributed by atoms with van der Waals surface area (Å²) in [6, 6.07) is 12.3. The molecule has 2 N–H and O–H groups in total. The normalized spacial score (nSPS) is 17.5. The Kier molecular flexibility index (Phi) is 6.52. The Bertz CT molecular complexity index is 895. The highest BCUT2D eigenvalue weighted by molar-refractivity contribution is 6.00. The molecule has 2 unspecified atom stereocenters. The maximum absolute atomic E-state index is 13.6. The third-order valence-corrected chi connectivity index (χ3v) is 5.47. The van der Waals surface area contributed by atoms with Crippen LogP contribution in [0.15, 0.2) is 42.5 Å². The number of amides is 2. The third-order valence-electron chi connectivity index (χ3n) is 5.47. The molecule has 0 bridgehead atoms. The zero-order chi connectivity index (χ0) is 21.0. The molecular weight excluding hydrogens is 369 g/mol. The van der Waals surface area contributed by atoms with E-state index in [1.165, 1.54) is 6.07 Å². The van der Waals surface area contributed by atoms with Crippen molar-refractivity contribution in [2.75, 3.05) is 23.3 Å². The predicted molar refractivity (Wildman–Crippen MR) is 113 cm³/mol. The van der Waals surface area contributed by atoms with Gasteiger partial charge in [0.1, 0.15) is 5.82 Å². The van der Waals surface area contributed by atoms with Gasteiger partial charge in [0.25, 0.3) is 0 Å². The lowest BCUT2D eigenvalue weighted by Crippen LogP contribution is -2.27. The van der Waals surface area contributed by atoms with Crippen molar-refractivity contribution >= 4 is 23.2 Å². The highest BCUT2D eigenvalue weighted by Gasteiger charge is 2.48. The Labute approximate surface area is 171 Å². The van der Waals surface area contributed by atoms with Gasteiger partial charge in [-0.1, -0.05) is 18.2 Å². The minimum Gasteiger partial charge on any atom is -0.372 e. The molecule has 2 atom stereocenters. The Morgan fingerprint density at radius 1 is 1.07 bits per heavy atom. The number of carbonyl (C=O) groups excluding carboxylic acids is 2. The smallest absolute Gasteiger partial charge is 0.228 e. The molecule has 1 aliphatic rings. The third kappa shape index (κ3) is 4.94. The molecule has 1 fully saturated rings. The minimum atomic E-state index is -0.350. The maximum atomic E-state index is 13.6. The van der Waals surface area contributed by atoms with E-state index in [1.807, 2.05) is 19.1 Å². The Hall–Kier alpha value is -2.89. The number of nitrogens with one attached hydrogen (secondary N) is 2. The fraction of sp³-hybridized carbons (Fsp3) is 0.391. The Balaban J connectivity index is 1.53. The zero-order valence-electron chi connectivity index (χ0n) is 17.2. The number of halogens is 1. The van der Waals surface area contributed by atoms with Crippen LogP contribution in [0, 0.1) is 24.6 Å². The molecule has 0 aromatic heterocycles. The average molecular weight is 397 g/mol. The lowest BCUT2D eigenvalue weighted by molar-refractivity contribution is -0.125. The van der Waals surface area contributed by atoms with E-state index in [4.69, 9.17) is 0 Å². The average Bonchev–Trinajstić information content (AvgIpc) is 3.51. The molecule has 6 heteroatoms. The minimum absolute atomic E-state index is 0.127. The standard InChI is InChI=1S/C23H28FN3O2/c1-4-27(5-2)17-10-11-21(15(3)12-17)26-23(29)19-13-18(19)22(28)25-14-16-8-6-7-9-20(16)24/h6-12,18-19H,4-5,13-14H2,1-3H3,(H,25,28)(H,26,29). The molecule has 0 heterocycles. The molecular formula is C23H28FN3O2. The van der Waals surface area contributed by atoms with Gasteiger partial charge in [0, 0.05) is 36.6 Å². The molecule has 0 radical (unpaired) electrons. The number of carbonyl (C=O) groups is 2. The predicted octanol–water partition coefficient (Wildman–Crippen LogP) is 3.87. The number of anilines is 2. The number of hydrogen-bond donors (Lipinski definition) is 2. The van der Waals surface area contributed by atoms with Gasteiger partial charge >= 0.3 is 0 Å². The Morgan fingerprint density at radius 3 is 2.41 bits per heavy atom. The van der Waals surface area contributed by atoms with E-state index in [-0.39, 0.29) is 36.0 Å². The highest BCUT2D eigenvalue weighted by Crippen LogP contribution is 2.40. The molecule has 2 aromatic rings. The van der Waals surface area contributed by atoms with E-state index in [1.54, 1.807) is 18.2 Å². The van der Waals surface area contributed by atoms with Crippen LogP contribution in [0.1, 0.15) is 31.4 Å². The van der Waals surface area contributed by atoms with Crippen molar-refractivity contribution in [2.45, 2.75) is 33.7 Å². The van der Waals surface area contributed by atoms with Gasteiger partial charge in [-0.05, 0) is 57.0 Å². The van der Waals surface area contributed by atoms with Crippen LogP contribution >= 0.6 is 0 Å². The molecule has 154 valence electrons. The summed E-state index contributed by atoms with van der Waals surface area (Å²) < 4.78 is 13.6. The fourth-order valence-corrected chi connectivity index (χ4v) is 3.53. The lowest BCUT2D eigenvalue weighted by Gasteiger charge is -2.22. The number of rotatable bonds is 8. The van der Waals surface area contributed by atoms with Gasteiger partial charge in [0.15, 0.2) is 0 Å². The summed E-state index contributed by atoms with van der Waals surface area (Å²) in [5, 5.41) is 5.67. The molecule has 2 aromatic carbocycles. The number of benzene rings is 2. The Morgan fingerprint density at radius 2 is 1.76 bits per heavy atom. The first kappa shape index (κ1) is 20.8. The van der Waals surface area contributed by atoms with Crippen LogP contribution in [-0.4, -0.2) is 24.9 Å². The number of nitrogens with zero attached hydrogens (tertiary/aromatic N) is 1. The van der Waals surface area contributed by atoms with Gasteiger partial charge in [-0.2, -0.15) is 0 Å². The second kappa shape index (κ2) is 9.07. The van der Waals surface area contributed by atoms with Gasteiger partial charge in [-0.15, -0.1) is 0 Å². The zero-order valence-corrected chi connectivity index (χ0v) is 17.2. The fourth-order valence-electron chi connectivity index (χ4n) is 3.53. The van der Waals surface area contributed by atoms with Gasteiger partial charge in [0.05, 0.1) is 11.8 Å². The summed E-state index contributed by atoms with van der Waals surface area (Å²) in [4.78, 5) is 27.1. The second-order valence-corrected chi connectivity index (χ2v) is 7.42. The summed E-state index contributed by atoms with van der Waals surface area (Å²) >= 11 is 0. The summed E-state index contributed by atoms with van der Waals surface area (Å²) in [6.45, 7) is 8.16. The van der Waals surface area contributed by atoms with Gasteiger partial charge in [0.2, 0.25) is 11.8 Å². The van der Waals surface area contributed by atoms with E-state index >= 15 is 0 Å². The lowest BCUT2D eigenvalue weighted by atomic mass is 10.1. The molecule has 5 nitrogen and oxygen atoms in total. The van der Waals surface area contributed by atoms with Crippen molar-refractivity contribution in [1.29, 1.82) is 0 Å². The summed E-state index contributed by atoms with van der Waals surface area (Å²) in [6.07, 6.45) is 0.519. The van der Waals surface area contributed by atoms with Crippen molar-refractivity contribution in [1.82, 2.24) is 5.32 Å². The van der Waals surface area contributed by atoms with Crippen LogP contribution in [0.5, 0.6) is 0 Å². The van der Waals surface area contributed by atoms with E-state index in [0.29, 0.717) is 12.0 Å². The van der Waals surface area contributed by atoms with Crippen LogP contribution in [0.25, 0.3) is 0 Å². The van der Waals surface area contributed by atoms with E-state index < -0.39 is 0 Å². The first-order chi connectivity index (χ1) is 13.9. The van der Waals surface area contributed by atoms with Crippen molar-refractivity contribution in [3.05, 3.63) is 59.4 Å². The number of hydrogen-bond acceptors (Lipinski definition) is 3. The van der Waals surface area contributed by atoms with Gasteiger partial charge in [-0.3, -0.25) is 9.59 Å². The molecule has 29 heavy (non-hydrogen) atoms. The van der Waals surface area contributed by atoms with E-state index in [0.717, 1.165) is 30.0 Å². The van der Waals surface area contributed by atoms with E-state index in [2.05, 4.69) is 35.4 Å². The molecule has 0 spiro atoms. The monoisotopic (exact) mass is 397 g/mol. The molecule has 1 aliphatic carbocycles. The van der Waals surface area contributed by atoms with Crippen molar-refractivity contribution in [2.24, 2.45) is 11.8 Å². The molecule has 1 saturated carbocycles. The van der Waals surface area contributed by atoms with Crippen molar-refractivity contribution in [3.8, 4) is 0 Å². The first-order valence-corrected chi connectivity index (χ1v) is 10.1. The molecule has 3 rings (SSSR count). The largest absolute Gasteiger partial charge is 0.372 e. The highest BCUT2D eigenvalue weighted by atomic mass is 19.1. The second-order valence-electron chi connectivity index (χ2n) is 7.42. The molecule has 0 saturated heterocycles. The number of aryl methyl sites for hydroxylation is 1. The van der Waals surface area contributed by atoms with E-state index in [9.17, 15) is 14.0 Å². The van der Waals surface area contributed by atoms with Crippen molar-refractivity contribution in [3.63, 3.8) is 0 Å². The van der Waals surface area contributed by atoms with Crippen LogP contribution in [0.2, 0.25) is 0 Å².